The van der Waals surface area contributed by atoms with E-state index in [-0.39, 0.29) is 5.91 Å². The minimum absolute atomic E-state index is 0.208. The Bertz CT molecular complexity index is 791. The van der Waals surface area contributed by atoms with Crippen molar-refractivity contribution in [3.8, 4) is 0 Å². The fourth-order valence-electron chi connectivity index (χ4n) is 2.12. The van der Waals surface area contributed by atoms with Crippen molar-refractivity contribution in [2.24, 2.45) is 0 Å². The van der Waals surface area contributed by atoms with Crippen LogP contribution >= 0.6 is 11.3 Å². The van der Waals surface area contributed by atoms with Crippen LogP contribution in [0.1, 0.15) is 31.9 Å². The smallest absolute Gasteiger partial charge is 0.260 e. The average Bonchev–Trinajstić information content (AvgIpc) is 3.15. The lowest BCUT2D eigenvalue weighted by Gasteiger charge is -2.03. The number of rotatable bonds is 4. The summed E-state index contributed by atoms with van der Waals surface area (Å²) < 4.78 is 4.90. The largest absolute Gasteiger partial charge is 0.472 e. The maximum Gasteiger partial charge on any atom is 0.260 e. The molecule has 0 aliphatic carbocycles. The summed E-state index contributed by atoms with van der Waals surface area (Å²) in [7, 11) is 0. The summed E-state index contributed by atoms with van der Waals surface area (Å²) in [5.74, 6) is -0.208. The Morgan fingerprint density at radius 2 is 2.14 bits per heavy atom. The molecule has 22 heavy (non-hydrogen) atoms. The van der Waals surface area contributed by atoms with E-state index in [2.05, 4.69) is 42.3 Å². The lowest BCUT2D eigenvalue weighted by molar-refractivity contribution is 0.102. The van der Waals surface area contributed by atoms with Gasteiger partial charge in [0, 0.05) is 17.5 Å². The molecular formula is C17H16N2O2S. The molecule has 0 saturated carbocycles. The van der Waals surface area contributed by atoms with Crippen molar-refractivity contribution in [3.63, 3.8) is 0 Å². The minimum atomic E-state index is -0.208. The third-order valence-corrected chi connectivity index (χ3v) is 4.42. The van der Waals surface area contributed by atoms with Gasteiger partial charge in [0.05, 0.1) is 11.8 Å². The van der Waals surface area contributed by atoms with Crippen molar-refractivity contribution < 1.29 is 9.21 Å². The number of furan rings is 1. The first-order chi connectivity index (χ1) is 10.6. The zero-order valence-corrected chi connectivity index (χ0v) is 13.2. The van der Waals surface area contributed by atoms with Gasteiger partial charge in [-0.3, -0.25) is 10.1 Å². The first-order valence-corrected chi connectivity index (χ1v) is 7.78. The molecule has 4 nitrogen and oxygen atoms in total. The Balaban J connectivity index is 1.68. The van der Waals surface area contributed by atoms with Crippen LogP contribution in [0.3, 0.4) is 0 Å². The van der Waals surface area contributed by atoms with Gasteiger partial charge in [-0.05, 0) is 36.6 Å². The molecule has 0 aliphatic rings. The summed E-state index contributed by atoms with van der Waals surface area (Å²) >= 11 is 1.49. The third kappa shape index (κ3) is 3.26. The standard InChI is InChI=1S/C17H16N2O2S/c1-11-3-4-13(7-12(11)2)8-15-9-18-17(22-15)19-16(20)14-5-6-21-10-14/h3-7,9-10H,8H2,1-2H3,(H,18,19,20). The monoisotopic (exact) mass is 312 g/mol. The number of nitrogens with one attached hydrogen (secondary N) is 1. The summed E-state index contributed by atoms with van der Waals surface area (Å²) in [6, 6.07) is 8.08. The molecule has 0 unspecified atom stereocenters. The number of amides is 1. The van der Waals surface area contributed by atoms with Gasteiger partial charge < -0.3 is 4.42 Å². The molecule has 1 N–H and O–H groups in total. The molecule has 2 aromatic heterocycles. The molecule has 1 amide bonds. The van der Waals surface area contributed by atoms with E-state index in [4.69, 9.17) is 4.42 Å². The van der Waals surface area contributed by atoms with Gasteiger partial charge in [0.2, 0.25) is 0 Å². The molecular weight excluding hydrogens is 296 g/mol. The van der Waals surface area contributed by atoms with Gasteiger partial charge in [-0.25, -0.2) is 4.98 Å². The zero-order valence-electron chi connectivity index (χ0n) is 12.4. The highest BCUT2D eigenvalue weighted by atomic mass is 32.1. The van der Waals surface area contributed by atoms with Gasteiger partial charge in [0.15, 0.2) is 5.13 Å². The van der Waals surface area contributed by atoms with Crippen molar-refractivity contribution in [1.29, 1.82) is 0 Å². The number of carbonyl (C=O) groups is 1. The van der Waals surface area contributed by atoms with E-state index in [1.807, 2.05) is 6.20 Å². The second kappa shape index (κ2) is 6.15. The molecule has 0 spiro atoms. The maximum atomic E-state index is 11.9. The predicted molar refractivity (Wildman–Crippen MR) is 87.5 cm³/mol. The Morgan fingerprint density at radius 1 is 1.27 bits per heavy atom. The van der Waals surface area contributed by atoms with Crippen LogP contribution in [0.5, 0.6) is 0 Å². The summed E-state index contributed by atoms with van der Waals surface area (Å²) in [6.45, 7) is 4.22. The summed E-state index contributed by atoms with van der Waals surface area (Å²) in [5, 5.41) is 3.38. The summed E-state index contributed by atoms with van der Waals surface area (Å²) in [4.78, 5) is 17.3. The molecule has 3 rings (SSSR count). The number of thiazole rings is 1. The quantitative estimate of drug-likeness (QED) is 0.785. The van der Waals surface area contributed by atoms with Crippen LogP contribution < -0.4 is 5.32 Å². The van der Waals surface area contributed by atoms with Crippen molar-refractivity contribution in [1.82, 2.24) is 4.98 Å². The maximum absolute atomic E-state index is 11.9. The van der Waals surface area contributed by atoms with Crippen LogP contribution in [0.15, 0.2) is 47.4 Å². The number of carbonyl (C=O) groups excluding carboxylic acids is 1. The molecule has 3 aromatic rings. The predicted octanol–water partition coefficient (Wildman–Crippen LogP) is 4.20. The first kappa shape index (κ1) is 14.5. The molecule has 0 bridgehead atoms. The molecule has 0 fully saturated rings. The van der Waals surface area contributed by atoms with Crippen molar-refractivity contribution >= 4 is 22.4 Å². The van der Waals surface area contributed by atoms with Crippen molar-refractivity contribution in [3.05, 3.63) is 70.1 Å². The highest BCUT2D eigenvalue weighted by molar-refractivity contribution is 7.15. The molecule has 0 aliphatic heterocycles. The normalized spacial score (nSPS) is 10.6. The Labute approximate surface area is 132 Å². The zero-order chi connectivity index (χ0) is 15.5. The molecule has 5 heteroatoms. The Hall–Kier alpha value is -2.40. The number of nitrogens with zero attached hydrogens (tertiary/aromatic N) is 1. The van der Waals surface area contributed by atoms with Gasteiger partial charge in [-0.15, -0.1) is 11.3 Å². The van der Waals surface area contributed by atoms with Crippen LogP contribution in [0.4, 0.5) is 5.13 Å². The molecule has 0 radical (unpaired) electrons. The molecule has 0 atom stereocenters. The summed E-state index contributed by atoms with van der Waals surface area (Å²) in [6.07, 6.45) is 5.52. The SMILES string of the molecule is Cc1ccc(Cc2cnc(NC(=O)c3ccoc3)s2)cc1C. The number of anilines is 1. The van der Waals surface area contributed by atoms with E-state index in [1.54, 1.807) is 6.07 Å². The summed E-state index contributed by atoms with van der Waals surface area (Å²) in [5.41, 5.74) is 4.32. The molecule has 0 saturated heterocycles. The van der Waals surface area contributed by atoms with E-state index in [0.717, 1.165) is 11.3 Å². The van der Waals surface area contributed by atoms with Crippen LogP contribution in [0.25, 0.3) is 0 Å². The molecule has 1 aromatic carbocycles. The van der Waals surface area contributed by atoms with Crippen molar-refractivity contribution in [2.45, 2.75) is 20.3 Å². The van der Waals surface area contributed by atoms with Gasteiger partial charge in [-0.2, -0.15) is 0 Å². The van der Waals surface area contributed by atoms with Crippen LogP contribution in [-0.2, 0) is 6.42 Å². The molecule has 112 valence electrons. The number of hydrogen-bond acceptors (Lipinski definition) is 4. The lowest BCUT2D eigenvalue weighted by Crippen LogP contribution is -2.10. The van der Waals surface area contributed by atoms with Gasteiger partial charge in [-0.1, -0.05) is 18.2 Å². The number of hydrogen-bond donors (Lipinski definition) is 1. The van der Waals surface area contributed by atoms with Gasteiger partial charge in [0.25, 0.3) is 5.91 Å². The minimum Gasteiger partial charge on any atom is -0.472 e. The molecule has 2 heterocycles. The van der Waals surface area contributed by atoms with Crippen LogP contribution in [0, 0.1) is 13.8 Å². The van der Waals surface area contributed by atoms with Gasteiger partial charge >= 0.3 is 0 Å². The average molecular weight is 312 g/mol. The van der Waals surface area contributed by atoms with E-state index >= 15 is 0 Å². The highest BCUT2D eigenvalue weighted by Crippen LogP contribution is 2.22. The van der Waals surface area contributed by atoms with Crippen LogP contribution in [-0.4, -0.2) is 10.9 Å². The Morgan fingerprint density at radius 3 is 2.86 bits per heavy atom. The van der Waals surface area contributed by atoms with E-state index < -0.39 is 0 Å². The number of aromatic nitrogens is 1. The van der Waals surface area contributed by atoms with E-state index in [1.165, 1.54) is 40.6 Å². The van der Waals surface area contributed by atoms with Crippen LogP contribution in [0.2, 0.25) is 0 Å². The van der Waals surface area contributed by atoms with E-state index in [9.17, 15) is 4.79 Å². The number of aryl methyl sites for hydroxylation is 2. The van der Waals surface area contributed by atoms with Gasteiger partial charge in [0.1, 0.15) is 6.26 Å². The topological polar surface area (TPSA) is 55.1 Å². The highest BCUT2D eigenvalue weighted by Gasteiger charge is 2.10. The second-order valence-corrected chi connectivity index (χ2v) is 6.31. The number of benzene rings is 1. The second-order valence-electron chi connectivity index (χ2n) is 5.19. The van der Waals surface area contributed by atoms with Crippen molar-refractivity contribution in [2.75, 3.05) is 5.32 Å². The van der Waals surface area contributed by atoms with E-state index in [0.29, 0.717) is 10.7 Å². The fourth-order valence-corrected chi connectivity index (χ4v) is 2.97. The first-order valence-electron chi connectivity index (χ1n) is 6.96. The third-order valence-electron chi connectivity index (χ3n) is 3.51. The fraction of sp³-hybridized carbons (Fsp3) is 0.176. The Kier molecular flexibility index (Phi) is 4.06. The lowest BCUT2D eigenvalue weighted by atomic mass is 10.0.